The first kappa shape index (κ1) is 12.0. The molecule has 102 valence electrons. The Bertz CT molecular complexity index is 970. The summed E-state index contributed by atoms with van der Waals surface area (Å²) in [4.78, 5) is 19.2. The number of nitrogens with one attached hydrogen (secondary N) is 1. The molecule has 3 aromatic heterocycles. The molecule has 4 aromatic rings. The fourth-order valence-corrected chi connectivity index (χ4v) is 2.80. The van der Waals surface area contributed by atoms with Crippen molar-refractivity contribution in [2.75, 3.05) is 0 Å². The lowest BCUT2D eigenvalue weighted by atomic mass is 10.1. The number of fused-ring (bicyclic) bond motifs is 1. The number of rotatable bonds is 2. The fraction of sp³-hybridized carbons (Fsp3) is 0. The van der Waals surface area contributed by atoms with E-state index >= 15 is 0 Å². The van der Waals surface area contributed by atoms with Gasteiger partial charge in [-0.15, -0.1) is 0 Å². The summed E-state index contributed by atoms with van der Waals surface area (Å²) in [5, 5.41) is 9.31. The average molecular weight is 295 g/mol. The minimum atomic E-state index is -0.168. The highest BCUT2D eigenvalue weighted by Crippen LogP contribution is 2.23. The third-order valence-corrected chi connectivity index (χ3v) is 3.87. The zero-order chi connectivity index (χ0) is 14.2. The zero-order valence-corrected chi connectivity index (χ0v) is 11.6. The number of aromatic nitrogens is 3. The molecule has 3 heterocycles. The van der Waals surface area contributed by atoms with Crippen LogP contribution in [-0.4, -0.2) is 15.1 Å². The molecule has 0 aliphatic heterocycles. The number of aromatic amines is 1. The minimum absolute atomic E-state index is 0.168. The van der Waals surface area contributed by atoms with E-state index in [1.165, 1.54) is 0 Å². The van der Waals surface area contributed by atoms with Crippen molar-refractivity contribution >= 4 is 22.1 Å². The van der Waals surface area contributed by atoms with Crippen molar-refractivity contribution in [3.8, 4) is 23.0 Å². The first-order chi connectivity index (χ1) is 10.3. The van der Waals surface area contributed by atoms with Crippen LogP contribution in [-0.2, 0) is 0 Å². The summed E-state index contributed by atoms with van der Waals surface area (Å²) >= 11 is 1.56. The number of benzene rings is 1. The summed E-state index contributed by atoms with van der Waals surface area (Å²) in [5.74, 6) is 0.819. The van der Waals surface area contributed by atoms with Gasteiger partial charge in [-0.3, -0.25) is 4.79 Å². The maximum absolute atomic E-state index is 12.1. The maximum Gasteiger partial charge on any atom is 0.274 e. The summed E-state index contributed by atoms with van der Waals surface area (Å²) < 4.78 is 5.25. The average Bonchev–Trinajstić information content (AvgIpc) is 3.18. The van der Waals surface area contributed by atoms with E-state index in [0.717, 1.165) is 10.9 Å². The quantitative estimate of drug-likeness (QED) is 0.616. The van der Waals surface area contributed by atoms with Gasteiger partial charge >= 0.3 is 0 Å². The Balaban J connectivity index is 1.85. The predicted molar refractivity (Wildman–Crippen MR) is 81.2 cm³/mol. The monoisotopic (exact) mass is 295 g/mol. The normalized spacial score (nSPS) is 11.0. The molecule has 1 N–H and O–H groups in total. The molecule has 0 aliphatic rings. The van der Waals surface area contributed by atoms with Gasteiger partial charge in [-0.05, 0) is 29.0 Å². The lowest BCUT2D eigenvalue weighted by Gasteiger charge is -1.98. The van der Waals surface area contributed by atoms with Crippen molar-refractivity contribution in [3.63, 3.8) is 0 Å². The molecule has 5 nitrogen and oxygen atoms in total. The molecule has 0 spiro atoms. The fourth-order valence-electron chi connectivity index (χ4n) is 2.17. The molecule has 6 heteroatoms. The van der Waals surface area contributed by atoms with Crippen LogP contribution < -0.4 is 5.56 Å². The third-order valence-electron chi connectivity index (χ3n) is 3.19. The summed E-state index contributed by atoms with van der Waals surface area (Å²) in [7, 11) is 0. The largest absolute Gasteiger partial charge is 0.332 e. The molecule has 0 atom stereocenters. The highest BCUT2D eigenvalue weighted by atomic mass is 32.1. The number of nitrogens with zero attached hydrogens (tertiary/aromatic N) is 2. The maximum atomic E-state index is 12.1. The van der Waals surface area contributed by atoms with Crippen LogP contribution in [0.3, 0.4) is 0 Å². The first-order valence-electron chi connectivity index (χ1n) is 6.30. The van der Waals surface area contributed by atoms with Gasteiger partial charge in [0.1, 0.15) is 5.69 Å². The van der Waals surface area contributed by atoms with Crippen molar-refractivity contribution < 1.29 is 4.52 Å². The highest BCUT2D eigenvalue weighted by Gasteiger charge is 2.12. The number of pyridine rings is 1. The van der Waals surface area contributed by atoms with Crippen molar-refractivity contribution in [2.45, 2.75) is 0 Å². The van der Waals surface area contributed by atoms with Crippen molar-refractivity contribution in [3.05, 3.63) is 57.5 Å². The SMILES string of the molecule is O=c1[nH]c(-c2nc(-c3ccsc3)no2)cc2ccccc12. The Labute approximate surface area is 122 Å². The molecule has 0 amide bonds. The number of hydrogen-bond donors (Lipinski definition) is 1. The Morgan fingerprint density at radius 2 is 2.10 bits per heavy atom. The van der Waals surface area contributed by atoms with Gasteiger partial charge in [0.2, 0.25) is 5.82 Å². The van der Waals surface area contributed by atoms with E-state index in [4.69, 9.17) is 4.52 Å². The van der Waals surface area contributed by atoms with Gasteiger partial charge in [0, 0.05) is 16.3 Å². The lowest BCUT2D eigenvalue weighted by molar-refractivity contribution is 0.431. The molecule has 0 unspecified atom stereocenters. The zero-order valence-electron chi connectivity index (χ0n) is 10.7. The van der Waals surface area contributed by atoms with Crippen molar-refractivity contribution in [1.82, 2.24) is 15.1 Å². The van der Waals surface area contributed by atoms with Crippen LogP contribution in [0, 0.1) is 0 Å². The standard InChI is InChI=1S/C15H9N3O2S/c19-14-11-4-2-1-3-9(11)7-12(16-14)15-17-13(18-20-15)10-5-6-21-8-10/h1-8H,(H,16,19). The Morgan fingerprint density at radius 3 is 2.95 bits per heavy atom. The summed E-state index contributed by atoms with van der Waals surface area (Å²) in [6, 6.07) is 11.1. The molecule has 0 fully saturated rings. The van der Waals surface area contributed by atoms with E-state index < -0.39 is 0 Å². The molecule has 4 rings (SSSR count). The summed E-state index contributed by atoms with van der Waals surface area (Å²) in [5.41, 5.74) is 1.25. The van der Waals surface area contributed by atoms with Gasteiger partial charge in [-0.2, -0.15) is 16.3 Å². The second-order valence-corrected chi connectivity index (χ2v) is 5.31. The Kier molecular flexibility index (Phi) is 2.68. The van der Waals surface area contributed by atoms with Crippen LogP contribution in [0.5, 0.6) is 0 Å². The van der Waals surface area contributed by atoms with Gasteiger partial charge in [0.05, 0.1) is 0 Å². The molecule has 0 bridgehead atoms. The van der Waals surface area contributed by atoms with E-state index in [1.54, 1.807) is 17.4 Å². The lowest BCUT2D eigenvalue weighted by Crippen LogP contribution is -2.07. The molecule has 0 radical (unpaired) electrons. The van der Waals surface area contributed by atoms with E-state index in [1.807, 2.05) is 41.1 Å². The van der Waals surface area contributed by atoms with E-state index in [-0.39, 0.29) is 5.56 Å². The van der Waals surface area contributed by atoms with Gasteiger partial charge in [0.25, 0.3) is 11.4 Å². The molecule has 0 aliphatic carbocycles. The predicted octanol–water partition coefficient (Wildman–Crippen LogP) is 3.31. The minimum Gasteiger partial charge on any atom is -0.332 e. The highest BCUT2D eigenvalue weighted by molar-refractivity contribution is 7.08. The van der Waals surface area contributed by atoms with Crippen molar-refractivity contribution in [2.24, 2.45) is 0 Å². The van der Waals surface area contributed by atoms with Gasteiger partial charge in [-0.25, -0.2) is 0 Å². The molecule has 0 saturated carbocycles. The molecule has 0 saturated heterocycles. The number of H-pyrrole nitrogens is 1. The smallest absolute Gasteiger partial charge is 0.274 e. The first-order valence-corrected chi connectivity index (χ1v) is 7.24. The van der Waals surface area contributed by atoms with Crippen LogP contribution in [0.25, 0.3) is 33.7 Å². The summed E-state index contributed by atoms with van der Waals surface area (Å²) in [6.07, 6.45) is 0. The Morgan fingerprint density at radius 1 is 1.19 bits per heavy atom. The van der Waals surface area contributed by atoms with Crippen LogP contribution >= 0.6 is 11.3 Å². The van der Waals surface area contributed by atoms with Crippen LogP contribution in [0.15, 0.2) is 56.5 Å². The van der Waals surface area contributed by atoms with E-state index in [9.17, 15) is 4.79 Å². The third kappa shape index (κ3) is 2.05. The second kappa shape index (κ2) is 4.68. The molecule has 21 heavy (non-hydrogen) atoms. The van der Waals surface area contributed by atoms with Gasteiger partial charge < -0.3 is 9.51 Å². The summed E-state index contributed by atoms with van der Waals surface area (Å²) in [6.45, 7) is 0. The van der Waals surface area contributed by atoms with E-state index in [2.05, 4.69) is 15.1 Å². The van der Waals surface area contributed by atoms with Crippen LogP contribution in [0.2, 0.25) is 0 Å². The van der Waals surface area contributed by atoms with Crippen LogP contribution in [0.4, 0.5) is 0 Å². The molecule has 1 aromatic carbocycles. The Hall–Kier alpha value is -2.73. The number of hydrogen-bond acceptors (Lipinski definition) is 5. The molecular weight excluding hydrogens is 286 g/mol. The van der Waals surface area contributed by atoms with Gasteiger partial charge in [-0.1, -0.05) is 23.4 Å². The van der Waals surface area contributed by atoms with E-state index in [0.29, 0.717) is 22.8 Å². The van der Waals surface area contributed by atoms with Gasteiger partial charge in [0.15, 0.2) is 0 Å². The van der Waals surface area contributed by atoms with Crippen molar-refractivity contribution in [1.29, 1.82) is 0 Å². The van der Waals surface area contributed by atoms with Crippen LogP contribution in [0.1, 0.15) is 0 Å². The second-order valence-electron chi connectivity index (χ2n) is 4.53. The number of thiophene rings is 1. The topological polar surface area (TPSA) is 71.8 Å². The molecular formula is C15H9N3O2S.